The molecule has 1 atom stereocenters. The molecule has 2 aromatic rings. The highest BCUT2D eigenvalue weighted by atomic mass is 79.9. The van der Waals surface area contributed by atoms with Crippen LogP contribution in [0.25, 0.3) is 0 Å². The minimum atomic E-state index is -3.69. The third-order valence-corrected chi connectivity index (χ3v) is 7.59. The van der Waals surface area contributed by atoms with E-state index < -0.39 is 21.3 Å². The number of carbonyl (C=O) groups is 1. The quantitative estimate of drug-likeness (QED) is 0.624. The van der Waals surface area contributed by atoms with Gasteiger partial charge in [0.05, 0.1) is 11.5 Å². The summed E-state index contributed by atoms with van der Waals surface area (Å²) in [6.45, 7) is 0.716. The van der Waals surface area contributed by atoms with Crippen molar-refractivity contribution in [3.63, 3.8) is 0 Å². The summed E-state index contributed by atoms with van der Waals surface area (Å²) in [5.41, 5.74) is 4.80. The number of primary amides is 1. The van der Waals surface area contributed by atoms with Gasteiger partial charge in [0.15, 0.2) is 0 Å². The van der Waals surface area contributed by atoms with Gasteiger partial charge in [-0.15, -0.1) is 0 Å². The molecule has 1 fully saturated rings. The van der Waals surface area contributed by atoms with Crippen LogP contribution in [-0.4, -0.2) is 38.3 Å². The average molecular weight is 502 g/mol. The summed E-state index contributed by atoms with van der Waals surface area (Å²) in [6.07, 6.45) is 1.30. The maximum Gasteiger partial charge on any atom is 0.243 e. The standard InChI is InChI=1S/C20H22BrClN2O4S/c21-15-5-7-18(8-6-15)29(26,27)24-10-2-9-20(13-24,12-19(23)25)14-28-17-4-1-3-16(22)11-17/h1,3-8,11H,2,9-10,12-14H2,(H2,23,25). The number of piperidine rings is 1. The molecule has 6 nitrogen and oxygen atoms in total. The number of benzene rings is 2. The molecule has 9 heteroatoms. The van der Waals surface area contributed by atoms with Gasteiger partial charge in [-0.05, 0) is 55.3 Å². The molecule has 0 bridgehead atoms. The van der Waals surface area contributed by atoms with Crippen molar-refractivity contribution in [3.8, 4) is 5.75 Å². The minimum absolute atomic E-state index is 0.0416. The highest BCUT2D eigenvalue weighted by molar-refractivity contribution is 9.10. The largest absolute Gasteiger partial charge is 0.493 e. The summed E-state index contributed by atoms with van der Waals surface area (Å²) in [5, 5.41) is 0.537. The zero-order valence-corrected chi connectivity index (χ0v) is 18.8. The molecule has 1 aliphatic heterocycles. The molecule has 0 radical (unpaired) electrons. The Bertz CT molecular complexity index is 984. The number of rotatable bonds is 7. The predicted molar refractivity (Wildman–Crippen MR) is 115 cm³/mol. The van der Waals surface area contributed by atoms with E-state index in [1.54, 1.807) is 48.5 Å². The van der Waals surface area contributed by atoms with Crippen LogP contribution in [0.1, 0.15) is 19.3 Å². The smallest absolute Gasteiger partial charge is 0.243 e. The lowest BCUT2D eigenvalue weighted by Crippen LogP contribution is -2.50. The lowest BCUT2D eigenvalue weighted by Gasteiger charge is -2.41. The first-order valence-corrected chi connectivity index (χ1v) is 11.7. The van der Waals surface area contributed by atoms with Gasteiger partial charge in [-0.1, -0.05) is 33.6 Å². The molecule has 1 heterocycles. The zero-order chi connectivity index (χ0) is 21.1. The van der Waals surface area contributed by atoms with Crippen molar-refractivity contribution in [2.24, 2.45) is 11.1 Å². The Morgan fingerprint density at radius 1 is 1.24 bits per heavy atom. The van der Waals surface area contributed by atoms with E-state index in [1.807, 2.05) is 0 Å². The van der Waals surface area contributed by atoms with Gasteiger partial charge in [0, 0.05) is 34.4 Å². The molecule has 1 unspecified atom stereocenters. The second kappa shape index (κ2) is 9.04. The summed E-state index contributed by atoms with van der Waals surface area (Å²) in [7, 11) is -3.69. The van der Waals surface area contributed by atoms with E-state index in [9.17, 15) is 13.2 Å². The van der Waals surface area contributed by atoms with Gasteiger partial charge in [0.2, 0.25) is 15.9 Å². The molecule has 1 aliphatic rings. The molecule has 2 aromatic carbocycles. The topological polar surface area (TPSA) is 89.7 Å². The average Bonchev–Trinajstić information content (AvgIpc) is 2.67. The second-order valence-electron chi connectivity index (χ2n) is 7.29. The summed E-state index contributed by atoms with van der Waals surface area (Å²) >= 11 is 9.32. The van der Waals surface area contributed by atoms with Crippen LogP contribution in [0.4, 0.5) is 0 Å². The van der Waals surface area contributed by atoms with Gasteiger partial charge in [0.25, 0.3) is 0 Å². The Balaban J connectivity index is 1.83. The number of halogens is 2. The first kappa shape index (κ1) is 22.1. The second-order valence-corrected chi connectivity index (χ2v) is 10.6. The van der Waals surface area contributed by atoms with Crippen LogP contribution < -0.4 is 10.5 Å². The Morgan fingerprint density at radius 3 is 2.62 bits per heavy atom. The number of nitrogens with two attached hydrogens (primary N) is 1. The first-order chi connectivity index (χ1) is 13.7. The molecular formula is C20H22BrClN2O4S. The molecule has 2 N–H and O–H groups in total. The van der Waals surface area contributed by atoms with E-state index in [-0.39, 0.29) is 24.5 Å². The molecule has 0 spiro atoms. The van der Waals surface area contributed by atoms with Crippen molar-refractivity contribution in [1.29, 1.82) is 0 Å². The van der Waals surface area contributed by atoms with E-state index >= 15 is 0 Å². The van der Waals surface area contributed by atoms with Gasteiger partial charge >= 0.3 is 0 Å². The van der Waals surface area contributed by atoms with Gasteiger partial charge in [0.1, 0.15) is 5.75 Å². The summed E-state index contributed by atoms with van der Waals surface area (Å²) in [4.78, 5) is 12.0. The van der Waals surface area contributed by atoms with Gasteiger partial charge < -0.3 is 10.5 Å². The van der Waals surface area contributed by atoms with Crippen LogP contribution in [0.2, 0.25) is 5.02 Å². The van der Waals surface area contributed by atoms with Crippen LogP contribution in [-0.2, 0) is 14.8 Å². The molecule has 0 saturated carbocycles. The van der Waals surface area contributed by atoms with Crippen LogP contribution in [0.5, 0.6) is 5.75 Å². The van der Waals surface area contributed by atoms with Crippen molar-refractivity contribution in [3.05, 3.63) is 58.0 Å². The fourth-order valence-corrected chi connectivity index (χ4v) is 5.64. The number of hydrogen-bond acceptors (Lipinski definition) is 4. The summed E-state index contributed by atoms with van der Waals surface area (Å²) in [5.74, 6) is 0.0804. The molecule has 3 rings (SSSR count). The maximum atomic E-state index is 13.1. The number of amides is 1. The Morgan fingerprint density at radius 2 is 1.97 bits per heavy atom. The van der Waals surface area contributed by atoms with E-state index in [2.05, 4.69) is 15.9 Å². The van der Waals surface area contributed by atoms with Gasteiger partial charge in [-0.2, -0.15) is 4.31 Å². The SMILES string of the molecule is NC(=O)CC1(COc2cccc(Cl)c2)CCCN(S(=O)(=O)c2ccc(Br)cc2)C1. The third-order valence-electron chi connectivity index (χ3n) is 4.97. The number of hydrogen-bond donors (Lipinski definition) is 1. The molecule has 156 valence electrons. The summed E-state index contributed by atoms with van der Waals surface area (Å²) in [6, 6.07) is 13.5. The first-order valence-electron chi connectivity index (χ1n) is 9.13. The van der Waals surface area contributed by atoms with Gasteiger partial charge in [-0.3, -0.25) is 4.79 Å². The zero-order valence-electron chi connectivity index (χ0n) is 15.7. The Kier molecular flexibility index (Phi) is 6.88. The molecule has 0 aromatic heterocycles. The number of nitrogens with zero attached hydrogens (tertiary/aromatic N) is 1. The molecule has 1 amide bonds. The number of ether oxygens (including phenoxy) is 1. The summed E-state index contributed by atoms with van der Waals surface area (Å²) < 4.78 is 34.4. The molecular weight excluding hydrogens is 480 g/mol. The number of carbonyl (C=O) groups excluding carboxylic acids is 1. The predicted octanol–water partition coefficient (Wildman–Crippen LogP) is 3.83. The molecule has 1 saturated heterocycles. The minimum Gasteiger partial charge on any atom is -0.493 e. The van der Waals surface area contributed by atoms with E-state index in [0.29, 0.717) is 30.2 Å². The van der Waals surface area contributed by atoms with Crippen LogP contribution in [0.15, 0.2) is 57.9 Å². The van der Waals surface area contributed by atoms with Crippen molar-refractivity contribution < 1.29 is 17.9 Å². The van der Waals surface area contributed by atoms with Crippen LogP contribution in [0.3, 0.4) is 0 Å². The highest BCUT2D eigenvalue weighted by Gasteiger charge is 2.42. The fraction of sp³-hybridized carbons (Fsp3) is 0.350. The van der Waals surface area contributed by atoms with E-state index in [4.69, 9.17) is 22.1 Å². The van der Waals surface area contributed by atoms with E-state index in [0.717, 1.165) is 4.47 Å². The van der Waals surface area contributed by atoms with Crippen LogP contribution >= 0.6 is 27.5 Å². The molecule has 29 heavy (non-hydrogen) atoms. The van der Waals surface area contributed by atoms with Crippen molar-refractivity contribution in [2.75, 3.05) is 19.7 Å². The van der Waals surface area contributed by atoms with E-state index in [1.165, 1.54) is 4.31 Å². The third kappa shape index (κ3) is 5.51. The molecule has 0 aliphatic carbocycles. The lowest BCUT2D eigenvalue weighted by molar-refractivity contribution is -0.121. The maximum absolute atomic E-state index is 13.1. The van der Waals surface area contributed by atoms with Crippen LogP contribution in [0, 0.1) is 5.41 Å². The van der Waals surface area contributed by atoms with Crippen molar-refractivity contribution in [1.82, 2.24) is 4.31 Å². The van der Waals surface area contributed by atoms with Gasteiger partial charge in [-0.25, -0.2) is 8.42 Å². The van der Waals surface area contributed by atoms with Crippen molar-refractivity contribution >= 4 is 43.5 Å². The highest BCUT2D eigenvalue weighted by Crippen LogP contribution is 2.37. The van der Waals surface area contributed by atoms with Crippen molar-refractivity contribution in [2.45, 2.75) is 24.2 Å². The Hall–Kier alpha value is -1.61. The fourth-order valence-electron chi connectivity index (χ4n) is 3.60. The normalized spacial score (nSPS) is 20.3. The lowest BCUT2D eigenvalue weighted by atomic mass is 9.78. The Labute approximate surface area is 184 Å². The monoisotopic (exact) mass is 500 g/mol. The number of sulfonamides is 1.